The van der Waals surface area contributed by atoms with Crippen molar-refractivity contribution in [2.24, 2.45) is 0 Å². The normalized spacial score (nSPS) is 29.7. The summed E-state index contributed by atoms with van der Waals surface area (Å²) >= 11 is 0. The van der Waals surface area contributed by atoms with Crippen molar-refractivity contribution >= 4 is 5.97 Å². The van der Waals surface area contributed by atoms with Gasteiger partial charge in [0.2, 0.25) is 0 Å². The zero-order valence-corrected chi connectivity index (χ0v) is 8.54. The molecule has 0 aromatic rings. The summed E-state index contributed by atoms with van der Waals surface area (Å²) < 4.78 is 4.94. The maximum Gasteiger partial charge on any atom is 0.343 e. The summed E-state index contributed by atoms with van der Waals surface area (Å²) in [6, 6.07) is 0. The Balaban J connectivity index is 2.55. The number of rotatable bonds is 1. The number of carbonyl (C=O) groups is 1. The number of cyclic esters (lactones) is 1. The van der Waals surface area contributed by atoms with Gasteiger partial charge in [-0.15, -0.1) is 0 Å². The third-order valence-corrected chi connectivity index (χ3v) is 2.84. The van der Waals surface area contributed by atoms with E-state index in [2.05, 4.69) is 11.9 Å². The number of hydrogen-bond acceptors (Lipinski definition) is 4. The molecule has 0 spiro atoms. The van der Waals surface area contributed by atoms with Crippen LogP contribution >= 0.6 is 0 Å². The molecular formula is C11H13NO3. The largest absolute Gasteiger partial charge is 0.458 e. The molecule has 2 aliphatic heterocycles. The molecule has 0 aliphatic carbocycles. The number of dihydropyridines is 1. The lowest BCUT2D eigenvalue weighted by atomic mass is 9.83. The summed E-state index contributed by atoms with van der Waals surface area (Å²) in [5, 5.41) is 13.1. The lowest BCUT2D eigenvalue weighted by Crippen LogP contribution is -2.46. The fourth-order valence-corrected chi connectivity index (χ4v) is 1.83. The van der Waals surface area contributed by atoms with E-state index in [4.69, 9.17) is 4.74 Å². The van der Waals surface area contributed by atoms with E-state index in [9.17, 15) is 9.90 Å². The first-order valence-corrected chi connectivity index (χ1v) is 4.85. The van der Waals surface area contributed by atoms with Gasteiger partial charge in [0.1, 0.15) is 6.61 Å². The third-order valence-electron chi connectivity index (χ3n) is 2.84. The van der Waals surface area contributed by atoms with E-state index < -0.39 is 11.6 Å². The molecule has 0 radical (unpaired) electrons. The summed E-state index contributed by atoms with van der Waals surface area (Å²) in [5.74, 6) is -0.580. The highest BCUT2D eigenvalue weighted by Gasteiger charge is 2.44. The molecule has 2 rings (SSSR count). The van der Waals surface area contributed by atoms with Crippen molar-refractivity contribution < 1.29 is 14.6 Å². The summed E-state index contributed by atoms with van der Waals surface area (Å²) in [6.45, 7) is 5.72. The smallest absolute Gasteiger partial charge is 0.343 e. The Morgan fingerprint density at radius 1 is 1.73 bits per heavy atom. The maximum absolute atomic E-state index is 11.5. The predicted octanol–water partition coefficient (Wildman–Crippen LogP) is 0.611. The first kappa shape index (κ1) is 9.98. The molecule has 0 saturated heterocycles. The number of ether oxygens (including phenoxy) is 1. The second-order valence-corrected chi connectivity index (χ2v) is 3.64. The van der Waals surface area contributed by atoms with Gasteiger partial charge in [-0.2, -0.15) is 0 Å². The van der Waals surface area contributed by atoms with E-state index >= 15 is 0 Å². The van der Waals surface area contributed by atoms with Crippen LogP contribution in [0.2, 0.25) is 0 Å². The van der Waals surface area contributed by atoms with Crippen LogP contribution in [-0.2, 0) is 9.53 Å². The van der Waals surface area contributed by atoms with Crippen LogP contribution in [0.4, 0.5) is 0 Å². The van der Waals surface area contributed by atoms with Crippen molar-refractivity contribution in [2.45, 2.75) is 18.9 Å². The molecular weight excluding hydrogens is 194 g/mol. The summed E-state index contributed by atoms with van der Waals surface area (Å²) in [7, 11) is 0. The highest BCUT2D eigenvalue weighted by Crippen LogP contribution is 2.34. The first-order valence-electron chi connectivity index (χ1n) is 4.85. The van der Waals surface area contributed by atoms with Crippen molar-refractivity contribution in [3.8, 4) is 0 Å². The van der Waals surface area contributed by atoms with Gasteiger partial charge in [0, 0.05) is 23.0 Å². The van der Waals surface area contributed by atoms with Gasteiger partial charge >= 0.3 is 5.97 Å². The molecule has 80 valence electrons. The Morgan fingerprint density at radius 3 is 3.13 bits per heavy atom. The Kier molecular flexibility index (Phi) is 2.16. The average Bonchev–Trinajstić information content (AvgIpc) is 2.24. The molecule has 0 aromatic heterocycles. The summed E-state index contributed by atoms with van der Waals surface area (Å²) in [4.78, 5) is 11.5. The fourth-order valence-electron chi connectivity index (χ4n) is 1.83. The third kappa shape index (κ3) is 1.29. The van der Waals surface area contributed by atoms with Crippen molar-refractivity contribution in [3.05, 3.63) is 35.7 Å². The van der Waals surface area contributed by atoms with Crippen LogP contribution in [0.25, 0.3) is 0 Å². The fraction of sp³-hybridized carbons (Fsp3) is 0.364. The van der Waals surface area contributed by atoms with Crippen molar-refractivity contribution in [3.63, 3.8) is 0 Å². The molecule has 0 saturated carbocycles. The zero-order valence-electron chi connectivity index (χ0n) is 8.54. The molecule has 0 bridgehead atoms. The molecule has 15 heavy (non-hydrogen) atoms. The molecule has 2 N–H and O–H groups in total. The number of carbonyl (C=O) groups excluding carboxylic acids is 1. The van der Waals surface area contributed by atoms with Gasteiger partial charge in [0.25, 0.3) is 0 Å². The van der Waals surface area contributed by atoms with Crippen LogP contribution in [0.3, 0.4) is 0 Å². The predicted molar refractivity (Wildman–Crippen MR) is 54.6 cm³/mol. The second-order valence-electron chi connectivity index (χ2n) is 3.64. The van der Waals surface area contributed by atoms with Gasteiger partial charge in [-0.3, -0.25) is 0 Å². The van der Waals surface area contributed by atoms with Crippen LogP contribution in [0, 0.1) is 0 Å². The van der Waals surface area contributed by atoms with Crippen LogP contribution in [0.5, 0.6) is 0 Å². The van der Waals surface area contributed by atoms with Crippen molar-refractivity contribution in [1.29, 1.82) is 0 Å². The summed E-state index contributed by atoms with van der Waals surface area (Å²) in [5.41, 5.74) is 0.521. The van der Waals surface area contributed by atoms with Crippen molar-refractivity contribution in [2.75, 3.05) is 6.61 Å². The van der Waals surface area contributed by atoms with E-state index in [-0.39, 0.29) is 6.61 Å². The number of hydrogen-bond donors (Lipinski definition) is 2. The molecule has 0 amide bonds. The van der Waals surface area contributed by atoms with Gasteiger partial charge < -0.3 is 15.2 Å². The van der Waals surface area contributed by atoms with E-state index in [1.54, 1.807) is 19.2 Å². The van der Waals surface area contributed by atoms with Gasteiger partial charge in [-0.25, -0.2) is 4.79 Å². The molecule has 2 heterocycles. The van der Waals surface area contributed by atoms with Crippen molar-refractivity contribution in [1.82, 2.24) is 5.32 Å². The molecule has 2 aliphatic rings. The highest BCUT2D eigenvalue weighted by molar-refractivity contribution is 5.87. The highest BCUT2D eigenvalue weighted by atomic mass is 16.6. The Labute approximate surface area is 87.9 Å². The van der Waals surface area contributed by atoms with Gasteiger partial charge in [-0.05, 0) is 12.5 Å². The molecule has 0 fully saturated rings. The Morgan fingerprint density at radius 2 is 2.47 bits per heavy atom. The van der Waals surface area contributed by atoms with Gasteiger partial charge in [0.05, 0.1) is 0 Å². The topological polar surface area (TPSA) is 58.6 Å². The van der Waals surface area contributed by atoms with Gasteiger partial charge in [0.15, 0.2) is 5.60 Å². The van der Waals surface area contributed by atoms with Gasteiger partial charge in [-0.1, -0.05) is 13.5 Å². The standard InChI is InChI=1S/C11H13NO3/c1-3-11(14)9-4-5-12-7(2)8(9)6-15-10(11)13/h4-5,12,14H,2-3,6H2,1H3. The Bertz CT molecular complexity index is 395. The molecule has 4 nitrogen and oxygen atoms in total. The minimum atomic E-state index is -1.52. The number of nitrogens with one attached hydrogen (secondary N) is 1. The van der Waals surface area contributed by atoms with Crippen LogP contribution in [-0.4, -0.2) is 23.3 Å². The van der Waals surface area contributed by atoms with E-state index in [1.807, 2.05) is 0 Å². The first-order chi connectivity index (χ1) is 7.09. The Hall–Kier alpha value is -1.55. The van der Waals surface area contributed by atoms with E-state index in [1.165, 1.54) is 0 Å². The lowest BCUT2D eigenvalue weighted by Gasteiger charge is -2.34. The number of esters is 1. The maximum atomic E-state index is 11.5. The monoisotopic (exact) mass is 207 g/mol. The SMILES string of the molecule is C=C1NC=CC2=C1COC(=O)C2(O)CC. The van der Waals surface area contributed by atoms with Crippen LogP contribution < -0.4 is 5.32 Å². The zero-order chi connectivity index (χ0) is 11.1. The molecule has 1 unspecified atom stereocenters. The minimum Gasteiger partial charge on any atom is -0.458 e. The van der Waals surface area contributed by atoms with Crippen LogP contribution in [0.15, 0.2) is 35.7 Å². The second kappa shape index (κ2) is 3.24. The molecule has 0 aromatic carbocycles. The molecule has 4 heteroatoms. The average molecular weight is 207 g/mol. The van der Waals surface area contributed by atoms with Crippen LogP contribution in [0.1, 0.15) is 13.3 Å². The lowest BCUT2D eigenvalue weighted by molar-refractivity contribution is -0.162. The number of aliphatic hydroxyl groups is 1. The minimum absolute atomic E-state index is 0.173. The molecule has 1 atom stereocenters. The quantitative estimate of drug-likeness (QED) is 0.618. The summed E-state index contributed by atoms with van der Waals surface area (Å²) in [6.07, 6.45) is 3.66. The van der Waals surface area contributed by atoms with E-state index in [0.29, 0.717) is 17.7 Å². The van der Waals surface area contributed by atoms with E-state index in [0.717, 1.165) is 5.57 Å².